The summed E-state index contributed by atoms with van der Waals surface area (Å²) in [7, 11) is 0. The van der Waals surface area contributed by atoms with E-state index < -0.39 is 0 Å². The van der Waals surface area contributed by atoms with E-state index in [0.29, 0.717) is 5.92 Å². The molecule has 0 aliphatic carbocycles. The Morgan fingerprint density at radius 1 is 1.56 bits per heavy atom. The van der Waals surface area contributed by atoms with E-state index in [9.17, 15) is 0 Å². The van der Waals surface area contributed by atoms with Gasteiger partial charge < -0.3 is 5.73 Å². The molecule has 1 rings (SSSR count). The van der Waals surface area contributed by atoms with Crippen LogP contribution in [0.25, 0.3) is 0 Å². The Labute approximate surface area is 57.2 Å². The highest BCUT2D eigenvalue weighted by Crippen LogP contribution is 2.08. The SMILES string of the molecule is CC.CC1CN=C(N)C1. The fourth-order valence-electron chi connectivity index (χ4n) is 0.759. The first-order chi connectivity index (χ1) is 4.29. The molecular weight excluding hydrogens is 112 g/mol. The van der Waals surface area contributed by atoms with E-state index in [-0.39, 0.29) is 0 Å². The maximum Gasteiger partial charge on any atom is 0.0940 e. The van der Waals surface area contributed by atoms with E-state index in [1.165, 1.54) is 0 Å². The highest BCUT2D eigenvalue weighted by molar-refractivity contribution is 5.81. The lowest BCUT2D eigenvalue weighted by Gasteiger charge is -1.92. The Bertz CT molecular complexity index is 97.1. The van der Waals surface area contributed by atoms with Crippen LogP contribution in [0.2, 0.25) is 0 Å². The molecule has 1 unspecified atom stereocenters. The molecule has 1 aliphatic heterocycles. The van der Waals surface area contributed by atoms with Gasteiger partial charge in [-0.1, -0.05) is 20.8 Å². The third kappa shape index (κ3) is 3.12. The van der Waals surface area contributed by atoms with Gasteiger partial charge >= 0.3 is 0 Å². The molecule has 0 bridgehead atoms. The molecule has 0 saturated heterocycles. The van der Waals surface area contributed by atoms with Gasteiger partial charge in [0, 0.05) is 13.0 Å². The van der Waals surface area contributed by atoms with Crippen LogP contribution >= 0.6 is 0 Å². The molecular formula is C7H16N2. The Morgan fingerprint density at radius 3 is 2.22 bits per heavy atom. The zero-order valence-corrected chi connectivity index (χ0v) is 6.52. The molecule has 0 aromatic rings. The maximum absolute atomic E-state index is 5.38. The topological polar surface area (TPSA) is 38.4 Å². The smallest absolute Gasteiger partial charge is 0.0940 e. The van der Waals surface area contributed by atoms with Crippen molar-refractivity contribution in [3.63, 3.8) is 0 Å². The molecule has 1 atom stereocenters. The van der Waals surface area contributed by atoms with Gasteiger partial charge in [0.2, 0.25) is 0 Å². The van der Waals surface area contributed by atoms with Gasteiger partial charge in [0.15, 0.2) is 0 Å². The van der Waals surface area contributed by atoms with Crippen LogP contribution in [0.1, 0.15) is 27.2 Å². The summed E-state index contributed by atoms with van der Waals surface area (Å²) in [6.07, 6.45) is 1.00. The summed E-state index contributed by atoms with van der Waals surface area (Å²) in [5.74, 6) is 1.52. The summed E-state index contributed by atoms with van der Waals surface area (Å²) in [4.78, 5) is 4.01. The van der Waals surface area contributed by atoms with Gasteiger partial charge in [-0.05, 0) is 5.92 Å². The average Bonchev–Trinajstić information content (AvgIpc) is 2.20. The largest absolute Gasteiger partial charge is 0.387 e. The van der Waals surface area contributed by atoms with E-state index >= 15 is 0 Å². The van der Waals surface area contributed by atoms with Gasteiger partial charge in [0.1, 0.15) is 0 Å². The van der Waals surface area contributed by atoms with Crippen LogP contribution in [0.5, 0.6) is 0 Å². The number of nitrogens with two attached hydrogens (primary N) is 1. The molecule has 0 fully saturated rings. The summed E-state index contributed by atoms with van der Waals surface area (Å²) in [6.45, 7) is 7.09. The van der Waals surface area contributed by atoms with Crippen molar-refractivity contribution in [1.29, 1.82) is 0 Å². The van der Waals surface area contributed by atoms with Crippen molar-refractivity contribution in [2.45, 2.75) is 27.2 Å². The van der Waals surface area contributed by atoms with Crippen molar-refractivity contribution in [3.8, 4) is 0 Å². The highest BCUT2D eigenvalue weighted by atomic mass is 14.9. The van der Waals surface area contributed by atoms with Crippen LogP contribution in [0.3, 0.4) is 0 Å². The molecule has 0 radical (unpaired) electrons. The van der Waals surface area contributed by atoms with Crippen LogP contribution in [0.15, 0.2) is 4.99 Å². The maximum atomic E-state index is 5.38. The molecule has 2 heteroatoms. The lowest BCUT2D eigenvalue weighted by Crippen LogP contribution is -2.08. The van der Waals surface area contributed by atoms with Crippen molar-refractivity contribution >= 4 is 5.84 Å². The lowest BCUT2D eigenvalue weighted by atomic mass is 10.1. The molecule has 2 N–H and O–H groups in total. The minimum Gasteiger partial charge on any atom is -0.387 e. The number of hydrogen-bond acceptors (Lipinski definition) is 2. The summed E-state index contributed by atoms with van der Waals surface area (Å²) in [5.41, 5.74) is 5.38. The minimum atomic E-state index is 0.694. The first-order valence-electron chi connectivity index (χ1n) is 3.58. The quantitative estimate of drug-likeness (QED) is 0.526. The Balaban J connectivity index is 0.000000291. The van der Waals surface area contributed by atoms with E-state index in [2.05, 4.69) is 11.9 Å². The Kier molecular flexibility index (Phi) is 4.10. The van der Waals surface area contributed by atoms with Crippen molar-refractivity contribution in [3.05, 3.63) is 0 Å². The van der Waals surface area contributed by atoms with Crippen molar-refractivity contribution in [2.24, 2.45) is 16.6 Å². The van der Waals surface area contributed by atoms with Gasteiger partial charge in [-0.3, -0.25) is 4.99 Å². The van der Waals surface area contributed by atoms with Crippen LogP contribution in [-0.2, 0) is 0 Å². The number of rotatable bonds is 0. The number of hydrogen-bond donors (Lipinski definition) is 1. The van der Waals surface area contributed by atoms with Crippen LogP contribution in [0.4, 0.5) is 0 Å². The molecule has 0 saturated carbocycles. The second-order valence-electron chi connectivity index (χ2n) is 2.14. The highest BCUT2D eigenvalue weighted by Gasteiger charge is 2.09. The Morgan fingerprint density at radius 2 is 2.11 bits per heavy atom. The van der Waals surface area contributed by atoms with Crippen LogP contribution in [-0.4, -0.2) is 12.4 Å². The van der Waals surface area contributed by atoms with E-state index in [1.807, 2.05) is 13.8 Å². The number of nitrogens with zero attached hydrogens (tertiary/aromatic N) is 1. The fourth-order valence-corrected chi connectivity index (χ4v) is 0.759. The standard InChI is InChI=1S/C5H10N2.C2H6/c1-4-2-5(6)7-3-4;1-2/h4H,2-3H2,1H3,(H2,6,7);1-2H3. The third-order valence-electron chi connectivity index (χ3n) is 1.16. The summed E-state index contributed by atoms with van der Waals surface area (Å²) >= 11 is 0. The molecule has 9 heavy (non-hydrogen) atoms. The number of aliphatic imine (C=N–C) groups is 1. The van der Waals surface area contributed by atoms with Crippen molar-refractivity contribution in [2.75, 3.05) is 6.54 Å². The molecule has 0 spiro atoms. The average molecular weight is 128 g/mol. The first kappa shape index (κ1) is 8.47. The predicted molar refractivity (Wildman–Crippen MR) is 41.6 cm³/mol. The molecule has 2 nitrogen and oxygen atoms in total. The predicted octanol–water partition coefficient (Wildman–Crippen LogP) is 1.41. The molecule has 0 aromatic heterocycles. The number of amidine groups is 1. The zero-order chi connectivity index (χ0) is 7.28. The summed E-state index contributed by atoms with van der Waals surface area (Å²) in [5, 5.41) is 0. The lowest BCUT2D eigenvalue weighted by molar-refractivity contribution is 0.663. The normalized spacial score (nSPS) is 24.3. The molecule has 0 aromatic carbocycles. The van der Waals surface area contributed by atoms with Gasteiger partial charge in [-0.25, -0.2) is 0 Å². The molecule has 1 heterocycles. The fraction of sp³-hybridized carbons (Fsp3) is 0.857. The second-order valence-corrected chi connectivity index (χ2v) is 2.14. The minimum absolute atomic E-state index is 0.694. The third-order valence-corrected chi connectivity index (χ3v) is 1.16. The van der Waals surface area contributed by atoms with Gasteiger partial charge in [-0.15, -0.1) is 0 Å². The van der Waals surface area contributed by atoms with Crippen LogP contribution < -0.4 is 5.73 Å². The van der Waals surface area contributed by atoms with Gasteiger partial charge in [-0.2, -0.15) is 0 Å². The van der Waals surface area contributed by atoms with E-state index in [1.54, 1.807) is 0 Å². The first-order valence-corrected chi connectivity index (χ1v) is 3.58. The summed E-state index contributed by atoms with van der Waals surface area (Å²) < 4.78 is 0. The molecule has 54 valence electrons. The Hall–Kier alpha value is -0.530. The second kappa shape index (κ2) is 4.36. The summed E-state index contributed by atoms with van der Waals surface area (Å²) in [6, 6.07) is 0. The molecule has 1 aliphatic rings. The van der Waals surface area contributed by atoms with Crippen molar-refractivity contribution in [1.82, 2.24) is 0 Å². The van der Waals surface area contributed by atoms with Gasteiger partial charge in [0.05, 0.1) is 5.84 Å². The van der Waals surface area contributed by atoms with E-state index in [0.717, 1.165) is 18.8 Å². The van der Waals surface area contributed by atoms with Crippen LogP contribution in [0, 0.1) is 5.92 Å². The monoisotopic (exact) mass is 128 g/mol. The zero-order valence-electron chi connectivity index (χ0n) is 6.52. The van der Waals surface area contributed by atoms with E-state index in [4.69, 9.17) is 5.73 Å². The van der Waals surface area contributed by atoms with Crippen molar-refractivity contribution < 1.29 is 0 Å². The van der Waals surface area contributed by atoms with Gasteiger partial charge in [0.25, 0.3) is 0 Å². The molecule has 0 amide bonds.